The molecule has 0 bridgehead atoms. The van der Waals surface area contributed by atoms with Gasteiger partial charge in [0.1, 0.15) is 6.10 Å². The van der Waals surface area contributed by atoms with E-state index < -0.39 is 19.6 Å². The van der Waals surface area contributed by atoms with Crippen molar-refractivity contribution in [3.05, 3.63) is 35.4 Å². The minimum Gasteiger partial charge on any atom is -0.386 e. The molecule has 0 aromatic heterocycles. The largest absolute Gasteiger partial charge is 0.386 e. The molecular weight excluding hydrogens is 292 g/mol. The molecule has 0 amide bonds. The molecule has 1 rings (SSSR count). The van der Waals surface area contributed by atoms with Gasteiger partial charge in [0, 0.05) is 6.26 Å². The molecule has 0 heterocycles. The summed E-state index contributed by atoms with van der Waals surface area (Å²) in [5, 5.41) is 10.1. The Balaban J connectivity index is 3.17. The predicted molar refractivity (Wildman–Crippen MR) is 68.3 cm³/mol. The molecule has 90 valence electrons. The fourth-order valence-corrected chi connectivity index (χ4v) is 2.15. The van der Waals surface area contributed by atoms with Crippen molar-refractivity contribution >= 4 is 25.8 Å². The van der Waals surface area contributed by atoms with Crippen LogP contribution in [-0.4, -0.2) is 23.4 Å². The number of hydrogen-bond acceptors (Lipinski definition) is 3. The van der Waals surface area contributed by atoms with Crippen molar-refractivity contribution in [2.45, 2.75) is 23.6 Å². The molecule has 3 nitrogen and oxygen atoms in total. The second-order valence-electron chi connectivity index (χ2n) is 4.07. The normalized spacial score (nSPS) is 17.8. The fraction of sp³-hybridized carbons (Fsp3) is 0.455. The third-order valence-corrected chi connectivity index (χ3v) is 6.44. The van der Waals surface area contributed by atoms with Gasteiger partial charge in [-0.1, -0.05) is 45.8 Å². The van der Waals surface area contributed by atoms with E-state index in [1.807, 2.05) is 13.0 Å². The second kappa shape index (κ2) is 4.47. The van der Waals surface area contributed by atoms with Gasteiger partial charge in [-0.15, -0.1) is 0 Å². The molecule has 0 radical (unpaired) electrons. The maximum absolute atomic E-state index is 11.5. The molecule has 0 aliphatic heterocycles. The summed E-state index contributed by atoms with van der Waals surface area (Å²) in [6, 6.07) is 7.17. The molecule has 1 aromatic carbocycles. The van der Waals surface area contributed by atoms with Gasteiger partial charge in [0.15, 0.2) is 13.5 Å². The van der Waals surface area contributed by atoms with Crippen LogP contribution in [0.4, 0.5) is 0 Å². The number of benzene rings is 1. The summed E-state index contributed by atoms with van der Waals surface area (Å²) in [6.45, 7) is 3.34. The van der Waals surface area contributed by atoms with Crippen LogP contribution in [0.3, 0.4) is 0 Å². The lowest BCUT2D eigenvalue weighted by Gasteiger charge is -2.27. The van der Waals surface area contributed by atoms with Crippen LogP contribution in [0, 0.1) is 6.92 Å². The second-order valence-corrected chi connectivity index (χ2v) is 8.64. The van der Waals surface area contributed by atoms with Crippen LogP contribution in [0.5, 0.6) is 0 Å². The Labute approximate surface area is 105 Å². The summed E-state index contributed by atoms with van der Waals surface area (Å²) in [4.78, 5) is 0. The summed E-state index contributed by atoms with van der Waals surface area (Å²) in [5.74, 6) is 0. The molecule has 1 aromatic rings. The van der Waals surface area contributed by atoms with Crippen LogP contribution in [0.25, 0.3) is 0 Å². The topological polar surface area (TPSA) is 54.4 Å². The van der Waals surface area contributed by atoms with Crippen molar-refractivity contribution in [2.24, 2.45) is 0 Å². The minimum absolute atomic E-state index is 0.588. The first-order chi connectivity index (χ1) is 7.16. The van der Waals surface area contributed by atoms with Crippen LogP contribution < -0.4 is 0 Å². The minimum atomic E-state index is -3.40. The third-order valence-electron chi connectivity index (χ3n) is 2.57. The van der Waals surface area contributed by atoms with E-state index in [-0.39, 0.29) is 0 Å². The molecular formula is C11H15BrO3S. The standard InChI is InChI=1S/C11H15BrO3S/c1-8-5-4-6-9(7-8)10(13)11(2,12)16(3,14)15/h4-7,10,13H,1-3H3/t10-,11+/m0/s1. The highest BCUT2D eigenvalue weighted by atomic mass is 79.9. The zero-order valence-electron chi connectivity index (χ0n) is 9.44. The maximum atomic E-state index is 11.5. The molecule has 0 spiro atoms. The zero-order valence-corrected chi connectivity index (χ0v) is 11.8. The molecule has 0 fully saturated rings. The number of alkyl halides is 1. The lowest BCUT2D eigenvalue weighted by Crippen LogP contribution is -2.34. The van der Waals surface area contributed by atoms with E-state index in [4.69, 9.17) is 0 Å². The molecule has 0 aliphatic rings. The number of aliphatic hydroxyl groups is 1. The molecule has 0 saturated heterocycles. The predicted octanol–water partition coefficient (Wildman–Crippen LogP) is 2.18. The number of sulfone groups is 1. The fourth-order valence-electron chi connectivity index (χ4n) is 1.34. The first-order valence-corrected chi connectivity index (χ1v) is 7.48. The van der Waals surface area contributed by atoms with Gasteiger partial charge in [-0.3, -0.25) is 0 Å². The highest BCUT2D eigenvalue weighted by molar-refractivity contribution is 9.11. The number of aryl methyl sites for hydroxylation is 1. The monoisotopic (exact) mass is 306 g/mol. The van der Waals surface area contributed by atoms with Crippen LogP contribution in [0.15, 0.2) is 24.3 Å². The first-order valence-electron chi connectivity index (χ1n) is 4.79. The summed E-state index contributed by atoms with van der Waals surface area (Å²) in [7, 11) is -3.40. The van der Waals surface area contributed by atoms with Gasteiger partial charge in [-0.2, -0.15) is 0 Å². The Bertz CT molecular complexity index is 480. The number of hydrogen-bond donors (Lipinski definition) is 1. The van der Waals surface area contributed by atoms with E-state index in [9.17, 15) is 13.5 Å². The highest BCUT2D eigenvalue weighted by Crippen LogP contribution is 2.37. The van der Waals surface area contributed by atoms with Crippen molar-refractivity contribution in [2.75, 3.05) is 6.26 Å². The lowest BCUT2D eigenvalue weighted by atomic mass is 10.0. The van der Waals surface area contributed by atoms with E-state index in [2.05, 4.69) is 15.9 Å². The molecule has 0 unspecified atom stereocenters. The molecule has 0 aliphatic carbocycles. The maximum Gasteiger partial charge on any atom is 0.165 e. The SMILES string of the molecule is Cc1cccc([C@H](O)[C@](C)(Br)S(C)(=O)=O)c1. The van der Waals surface area contributed by atoms with Crippen molar-refractivity contribution in [3.8, 4) is 0 Å². The number of aliphatic hydroxyl groups excluding tert-OH is 1. The summed E-state index contributed by atoms with van der Waals surface area (Å²) < 4.78 is 21.7. The van der Waals surface area contributed by atoms with Gasteiger partial charge in [-0.05, 0) is 19.4 Å². The van der Waals surface area contributed by atoms with E-state index in [1.165, 1.54) is 6.92 Å². The third kappa shape index (κ3) is 2.64. The van der Waals surface area contributed by atoms with Crippen molar-refractivity contribution < 1.29 is 13.5 Å². The summed E-state index contributed by atoms with van der Waals surface area (Å²) in [5.41, 5.74) is 1.57. The number of halogens is 1. The zero-order chi connectivity index (χ0) is 12.6. The molecule has 16 heavy (non-hydrogen) atoms. The van der Waals surface area contributed by atoms with Gasteiger partial charge in [0.05, 0.1) is 0 Å². The average Bonchev–Trinajstić information content (AvgIpc) is 2.14. The average molecular weight is 307 g/mol. The van der Waals surface area contributed by atoms with Crippen molar-refractivity contribution in [3.63, 3.8) is 0 Å². The van der Waals surface area contributed by atoms with Gasteiger partial charge < -0.3 is 5.11 Å². The smallest absolute Gasteiger partial charge is 0.165 e. The summed E-state index contributed by atoms with van der Waals surface area (Å²) in [6.07, 6.45) is 0.00298. The van der Waals surface area contributed by atoms with Crippen LogP contribution >= 0.6 is 15.9 Å². The van der Waals surface area contributed by atoms with Gasteiger partial charge in [0.2, 0.25) is 0 Å². The quantitative estimate of drug-likeness (QED) is 0.871. The van der Waals surface area contributed by atoms with Gasteiger partial charge in [-0.25, -0.2) is 8.42 Å². The molecule has 5 heteroatoms. The Hall–Kier alpha value is -0.390. The van der Waals surface area contributed by atoms with E-state index in [0.29, 0.717) is 5.56 Å². The molecule has 2 atom stereocenters. The van der Waals surface area contributed by atoms with Crippen LogP contribution in [0.2, 0.25) is 0 Å². The number of rotatable bonds is 3. The van der Waals surface area contributed by atoms with Gasteiger partial charge >= 0.3 is 0 Å². The molecule has 1 N–H and O–H groups in total. The Morgan fingerprint density at radius 1 is 1.44 bits per heavy atom. The summed E-state index contributed by atoms with van der Waals surface area (Å²) >= 11 is 3.09. The Morgan fingerprint density at radius 2 is 2.00 bits per heavy atom. The molecule has 0 saturated carbocycles. The van der Waals surface area contributed by atoms with Crippen LogP contribution in [0.1, 0.15) is 24.2 Å². The lowest BCUT2D eigenvalue weighted by molar-refractivity contribution is 0.168. The van der Waals surface area contributed by atoms with Crippen LogP contribution in [-0.2, 0) is 9.84 Å². The van der Waals surface area contributed by atoms with Crippen molar-refractivity contribution in [1.82, 2.24) is 0 Å². The highest BCUT2D eigenvalue weighted by Gasteiger charge is 2.41. The first kappa shape index (κ1) is 13.7. The Morgan fingerprint density at radius 3 is 2.44 bits per heavy atom. The van der Waals surface area contributed by atoms with E-state index >= 15 is 0 Å². The van der Waals surface area contributed by atoms with E-state index in [1.54, 1.807) is 18.2 Å². The van der Waals surface area contributed by atoms with E-state index in [0.717, 1.165) is 11.8 Å². The van der Waals surface area contributed by atoms with Crippen molar-refractivity contribution in [1.29, 1.82) is 0 Å². The Kier molecular flexibility index (Phi) is 3.82. The van der Waals surface area contributed by atoms with Gasteiger partial charge in [0.25, 0.3) is 0 Å².